The second-order valence-electron chi connectivity index (χ2n) is 6.88. The Kier molecular flexibility index (Phi) is 4.58. The molecule has 0 bridgehead atoms. The van der Waals surface area contributed by atoms with Crippen molar-refractivity contribution in [1.82, 2.24) is 24.6 Å². The fourth-order valence-electron chi connectivity index (χ4n) is 3.44. The second-order valence-corrected chi connectivity index (χ2v) is 6.88. The summed E-state index contributed by atoms with van der Waals surface area (Å²) in [5.41, 5.74) is 3.00. The van der Waals surface area contributed by atoms with Crippen LogP contribution in [-0.4, -0.2) is 56.7 Å². The van der Waals surface area contributed by atoms with E-state index in [-0.39, 0.29) is 5.91 Å². The van der Waals surface area contributed by atoms with Gasteiger partial charge in [0.25, 0.3) is 5.91 Å². The van der Waals surface area contributed by atoms with Crippen LogP contribution in [0.1, 0.15) is 21.5 Å². The highest BCUT2D eigenvalue weighted by Crippen LogP contribution is 2.17. The molecule has 7 heteroatoms. The first-order valence-corrected chi connectivity index (χ1v) is 9.05. The van der Waals surface area contributed by atoms with Gasteiger partial charge in [0.05, 0.1) is 0 Å². The number of hydrogen-bond acceptors (Lipinski definition) is 5. The van der Waals surface area contributed by atoms with Crippen molar-refractivity contribution in [3.63, 3.8) is 0 Å². The summed E-state index contributed by atoms with van der Waals surface area (Å²) in [6.45, 7) is 6.89. The number of carbonyl (C=O) groups is 1. The molecule has 0 radical (unpaired) electrons. The molecule has 1 aliphatic heterocycles. The van der Waals surface area contributed by atoms with Crippen LogP contribution in [-0.2, 0) is 0 Å². The maximum Gasteiger partial charge on any atom is 0.253 e. The van der Waals surface area contributed by atoms with Crippen molar-refractivity contribution in [2.24, 2.45) is 0 Å². The molecule has 1 aliphatic rings. The van der Waals surface area contributed by atoms with Crippen LogP contribution in [0.15, 0.2) is 49.1 Å². The lowest BCUT2D eigenvalue weighted by Gasteiger charge is -2.35. The number of hydrogen-bond donors (Lipinski definition) is 0. The highest BCUT2D eigenvalue weighted by atomic mass is 16.2. The Morgan fingerprint density at radius 3 is 2.19 bits per heavy atom. The Morgan fingerprint density at radius 2 is 1.59 bits per heavy atom. The van der Waals surface area contributed by atoms with Crippen LogP contribution in [0.25, 0.3) is 5.82 Å². The monoisotopic (exact) mass is 362 g/mol. The summed E-state index contributed by atoms with van der Waals surface area (Å²) in [5, 5.41) is 8.60. The van der Waals surface area contributed by atoms with Crippen molar-refractivity contribution in [1.29, 1.82) is 0 Å². The van der Waals surface area contributed by atoms with Crippen LogP contribution >= 0.6 is 0 Å². The van der Waals surface area contributed by atoms with Crippen molar-refractivity contribution < 1.29 is 4.79 Å². The molecule has 1 saturated heterocycles. The molecule has 1 amide bonds. The number of carbonyl (C=O) groups excluding carboxylic acids is 1. The van der Waals surface area contributed by atoms with Gasteiger partial charge in [-0.1, -0.05) is 17.2 Å². The fraction of sp³-hybridized carbons (Fsp3) is 0.300. The van der Waals surface area contributed by atoms with Gasteiger partial charge in [0, 0.05) is 44.1 Å². The van der Waals surface area contributed by atoms with Crippen molar-refractivity contribution in [3.8, 4) is 5.82 Å². The topological polar surface area (TPSA) is 67.2 Å². The average molecular weight is 362 g/mol. The van der Waals surface area contributed by atoms with Crippen LogP contribution in [0, 0.1) is 13.8 Å². The van der Waals surface area contributed by atoms with Crippen molar-refractivity contribution in [3.05, 3.63) is 65.7 Å². The zero-order chi connectivity index (χ0) is 18.8. The molecule has 0 unspecified atom stereocenters. The number of aryl methyl sites for hydroxylation is 2. The minimum Gasteiger partial charge on any atom is -0.352 e. The third kappa shape index (κ3) is 3.67. The lowest BCUT2D eigenvalue weighted by molar-refractivity contribution is 0.0746. The Balaban J connectivity index is 1.40. The maximum atomic E-state index is 12.8. The van der Waals surface area contributed by atoms with Gasteiger partial charge in [-0.15, -0.1) is 10.2 Å². The number of imidazole rings is 1. The average Bonchev–Trinajstić information content (AvgIpc) is 3.22. The Labute approximate surface area is 158 Å². The summed E-state index contributed by atoms with van der Waals surface area (Å²) in [5.74, 6) is 1.67. The third-order valence-corrected chi connectivity index (χ3v) is 4.76. The molecule has 138 valence electrons. The van der Waals surface area contributed by atoms with Crippen LogP contribution < -0.4 is 4.90 Å². The lowest BCUT2D eigenvalue weighted by atomic mass is 10.1. The van der Waals surface area contributed by atoms with Crippen LogP contribution in [0.3, 0.4) is 0 Å². The minimum atomic E-state index is 0.1000. The summed E-state index contributed by atoms with van der Waals surface area (Å²) in [7, 11) is 0. The van der Waals surface area contributed by atoms with E-state index in [1.165, 1.54) is 0 Å². The molecule has 0 saturated carbocycles. The van der Waals surface area contributed by atoms with Crippen molar-refractivity contribution in [2.45, 2.75) is 13.8 Å². The summed E-state index contributed by atoms with van der Waals surface area (Å²) in [6, 6.07) is 9.89. The van der Waals surface area contributed by atoms with Gasteiger partial charge in [0.1, 0.15) is 6.33 Å². The highest BCUT2D eigenvalue weighted by molar-refractivity contribution is 5.94. The molecule has 0 atom stereocenters. The van der Waals surface area contributed by atoms with Gasteiger partial charge >= 0.3 is 0 Å². The Hall–Kier alpha value is -3.22. The van der Waals surface area contributed by atoms with Gasteiger partial charge in [-0.25, -0.2) is 4.98 Å². The number of piperazine rings is 1. The third-order valence-electron chi connectivity index (χ3n) is 4.76. The van der Waals surface area contributed by atoms with E-state index < -0.39 is 0 Å². The number of benzene rings is 1. The molecule has 1 aromatic carbocycles. The fourth-order valence-corrected chi connectivity index (χ4v) is 3.44. The van der Waals surface area contributed by atoms with E-state index in [1.807, 2.05) is 53.8 Å². The van der Waals surface area contributed by atoms with Gasteiger partial charge in [-0.2, -0.15) is 0 Å². The normalized spacial score (nSPS) is 14.4. The molecule has 3 aromatic rings. The smallest absolute Gasteiger partial charge is 0.253 e. The predicted octanol–water partition coefficient (Wildman–Crippen LogP) is 2.24. The Bertz CT molecular complexity index is 907. The number of anilines is 1. The quantitative estimate of drug-likeness (QED) is 0.715. The van der Waals surface area contributed by atoms with Gasteiger partial charge < -0.3 is 9.80 Å². The predicted molar refractivity (Wildman–Crippen MR) is 103 cm³/mol. The number of aromatic nitrogens is 4. The number of nitrogens with zero attached hydrogens (tertiary/aromatic N) is 6. The van der Waals surface area contributed by atoms with E-state index in [2.05, 4.69) is 26.1 Å². The number of amides is 1. The van der Waals surface area contributed by atoms with Gasteiger partial charge in [-0.05, 0) is 38.1 Å². The van der Waals surface area contributed by atoms with Gasteiger partial charge in [0.15, 0.2) is 11.6 Å². The van der Waals surface area contributed by atoms with Crippen LogP contribution in [0.4, 0.5) is 5.82 Å². The second kappa shape index (κ2) is 7.19. The molecule has 27 heavy (non-hydrogen) atoms. The minimum absolute atomic E-state index is 0.1000. The summed E-state index contributed by atoms with van der Waals surface area (Å²) in [6.07, 6.45) is 5.24. The molecule has 3 heterocycles. The molecule has 4 rings (SSSR count). The number of rotatable bonds is 3. The van der Waals surface area contributed by atoms with E-state index in [1.54, 1.807) is 12.5 Å². The molecule has 7 nitrogen and oxygen atoms in total. The van der Waals surface area contributed by atoms with E-state index in [0.717, 1.165) is 41.4 Å². The van der Waals surface area contributed by atoms with E-state index in [9.17, 15) is 4.79 Å². The van der Waals surface area contributed by atoms with Gasteiger partial charge in [0.2, 0.25) is 0 Å². The lowest BCUT2D eigenvalue weighted by Crippen LogP contribution is -2.49. The SMILES string of the molecule is Cc1cc(C)cc(C(=O)N2CCN(c3ccc(-n4ccnc4)nn3)CC2)c1. The maximum absolute atomic E-state index is 12.8. The standard InChI is InChI=1S/C20H22N6O/c1-15-11-16(2)13-17(12-15)20(27)25-9-7-24(8-10-25)18-3-4-19(23-22-18)26-6-5-21-14-26/h3-6,11-14H,7-10H2,1-2H3. The summed E-state index contributed by atoms with van der Waals surface area (Å²) >= 11 is 0. The zero-order valence-corrected chi connectivity index (χ0v) is 15.5. The molecule has 0 aliphatic carbocycles. The first-order chi connectivity index (χ1) is 13.1. The largest absolute Gasteiger partial charge is 0.352 e. The van der Waals surface area contributed by atoms with Gasteiger partial charge in [-0.3, -0.25) is 9.36 Å². The van der Waals surface area contributed by atoms with Crippen LogP contribution in [0.5, 0.6) is 0 Å². The summed E-state index contributed by atoms with van der Waals surface area (Å²) in [4.78, 5) is 20.9. The summed E-state index contributed by atoms with van der Waals surface area (Å²) < 4.78 is 1.82. The molecule has 0 N–H and O–H groups in total. The van der Waals surface area contributed by atoms with E-state index >= 15 is 0 Å². The molecule has 0 spiro atoms. The van der Waals surface area contributed by atoms with Crippen molar-refractivity contribution >= 4 is 11.7 Å². The van der Waals surface area contributed by atoms with E-state index in [0.29, 0.717) is 13.1 Å². The van der Waals surface area contributed by atoms with Crippen LogP contribution in [0.2, 0.25) is 0 Å². The molecule has 2 aromatic heterocycles. The first-order valence-electron chi connectivity index (χ1n) is 9.05. The highest BCUT2D eigenvalue weighted by Gasteiger charge is 2.23. The molecule has 1 fully saturated rings. The van der Waals surface area contributed by atoms with Crippen molar-refractivity contribution in [2.75, 3.05) is 31.1 Å². The first kappa shape index (κ1) is 17.2. The molecular weight excluding hydrogens is 340 g/mol. The molecular formula is C20H22N6O. The Morgan fingerprint density at radius 1 is 0.926 bits per heavy atom. The van der Waals surface area contributed by atoms with E-state index in [4.69, 9.17) is 0 Å². The zero-order valence-electron chi connectivity index (χ0n) is 15.5.